The Bertz CT molecular complexity index is 506. The molecular formula is C40H80CuO4. The largest absolute Gasteiger partial charge is 0.481 e. The van der Waals surface area contributed by atoms with Gasteiger partial charge >= 0.3 is 11.9 Å². The molecule has 0 saturated heterocycles. The van der Waals surface area contributed by atoms with E-state index in [0.29, 0.717) is 12.8 Å². The second kappa shape index (κ2) is 45.6. The molecule has 1 radical (unpaired) electrons. The van der Waals surface area contributed by atoms with Crippen LogP contribution in [0.3, 0.4) is 0 Å². The number of carboxylic acid groups (broad SMARTS) is 2. The fourth-order valence-electron chi connectivity index (χ4n) is 6.00. The summed E-state index contributed by atoms with van der Waals surface area (Å²) in [4.78, 5) is 20.7. The molecule has 0 aromatic rings. The van der Waals surface area contributed by atoms with E-state index in [1.807, 2.05) is 0 Å². The maximum atomic E-state index is 10.4. The van der Waals surface area contributed by atoms with Crippen molar-refractivity contribution in [2.45, 2.75) is 245 Å². The van der Waals surface area contributed by atoms with Gasteiger partial charge in [-0.3, -0.25) is 9.59 Å². The van der Waals surface area contributed by atoms with Crippen molar-refractivity contribution in [1.82, 2.24) is 0 Å². The second-order valence-corrected chi connectivity index (χ2v) is 13.6. The maximum Gasteiger partial charge on any atom is 0.303 e. The van der Waals surface area contributed by atoms with Crippen LogP contribution in [-0.2, 0) is 26.7 Å². The smallest absolute Gasteiger partial charge is 0.303 e. The van der Waals surface area contributed by atoms with Gasteiger partial charge < -0.3 is 10.2 Å². The van der Waals surface area contributed by atoms with Gasteiger partial charge in [0.15, 0.2) is 0 Å². The van der Waals surface area contributed by atoms with Crippen molar-refractivity contribution in [3.05, 3.63) is 0 Å². The summed E-state index contributed by atoms with van der Waals surface area (Å²) >= 11 is 0. The van der Waals surface area contributed by atoms with Crippen LogP contribution in [0.5, 0.6) is 0 Å². The van der Waals surface area contributed by atoms with E-state index < -0.39 is 11.9 Å². The summed E-state index contributed by atoms with van der Waals surface area (Å²) in [6, 6.07) is 0. The van der Waals surface area contributed by atoms with Crippen LogP contribution in [0.2, 0.25) is 0 Å². The molecule has 2 N–H and O–H groups in total. The zero-order valence-corrected chi connectivity index (χ0v) is 31.4. The van der Waals surface area contributed by atoms with Crippen molar-refractivity contribution in [3.63, 3.8) is 0 Å². The first-order valence-electron chi connectivity index (χ1n) is 20.0. The minimum Gasteiger partial charge on any atom is -0.481 e. The minimum atomic E-state index is -0.652. The minimum absolute atomic E-state index is 0. The molecule has 0 aliphatic rings. The average Bonchev–Trinajstić information content (AvgIpc) is 3.00. The van der Waals surface area contributed by atoms with E-state index in [1.54, 1.807) is 0 Å². The topological polar surface area (TPSA) is 74.6 Å². The van der Waals surface area contributed by atoms with Gasteiger partial charge in [0.1, 0.15) is 0 Å². The van der Waals surface area contributed by atoms with Gasteiger partial charge in [-0.05, 0) is 12.8 Å². The molecule has 5 heteroatoms. The van der Waals surface area contributed by atoms with E-state index in [9.17, 15) is 9.59 Å². The van der Waals surface area contributed by atoms with Crippen LogP contribution in [0.15, 0.2) is 0 Å². The van der Waals surface area contributed by atoms with Gasteiger partial charge in [0.2, 0.25) is 0 Å². The molecular weight excluding hydrogens is 608 g/mol. The summed E-state index contributed by atoms with van der Waals surface area (Å²) in [5.41, 5.74) is 0. The number of hydrogen-bond donors (Lipinski definition) is 2. The van der Waals surface area contributed by atoms with Crippen molar-refractivity contribution in [2.75, 3.05) is 0 Å². The normalized spacial score (nSPS) is 10.7. The molecule has 0 fully saturated rings. The van der Waals surface area contributed by atoms with Gasteiger partial charge in [-0.25, -0.2) is 0 Å². The van der Waals surface area contributed by atoms with E-state index in [0.717, 1.165) is 25.7 Å². The standard InChI is InChI=1S/2C20H40O2.Cu/c2*1-2-3-4-5-6-7-8-9-10-11-12-13-14-15-16-17-18-19-20(21)22;/h2*2-19H2,1H3,(H,21,22);. The van der Waals surface area contributed by atoms with E-state index >= 15 is 0 Å². The third kappa shape index (κ3) is 53.2. The fourth-order valence-corrected chi connectivity index (χ4v) is 6.00. The van der Waals surface area contributed by atoms with Gasteiger partial charge in [0.25, 0.3) is 0 Å². The van der Waals surface area contributed by atoms with Crippen molar-refractivity contribution < 1.29 is 36.9 Å². The van der Waals surface area contributed by atoms with Crippen LogP contribution in [0.1, 0.15) is 245 Å². The van der Waals surface area contributed by atoms with Crippen LogP contribution in [0.4, 0.5) is 0 Å². The molecule has 0 bridgehead atoms. The van der Waals surface area contributed by atoms with E-state index in [4.69, 9.17) is 10.2 Å². The van der Waals surface area contributed by atoms with E-state index in [2.05, 4.69) is 13.8 Å². The predicted octanol–water partition coefficient (Wildman–Crippen LogP) is 14.2. The molecule has 0 aromatic carbocycles. The summed E-state index contributed by atoms with van der Waals surface area (Å²) < 4.78 is 0. The van der Waals surface area contributed by atoms with Gasteiger partial charge in [-0.2, -0.15) is 0 Å². The first kappa shape index (κ1) is 48.9. The summed E-state index contributed by atoms with van der Waals surface area (Å²) in [7, 11) is 0. The number of carboxylic acids is 2. The molecule has 0 rings (SSSR count). The molecule has 4 nitrogen and oxygen atoms in total. The van der Waals surface area contributed by atoms with E-state index in [1.165, 1.54) is 193 Å². The van der Waals surface area contributed by atoms with Crippen LogP contribution < -0.4 is 0 Å². The number of hydrogen-bond acceptors (Lipinski definition) is 2. The number of rotatable bonds is 36. The quantitative estimate of drug-likeness (QED) is 0.0508. The molecule has 0 heterocycles. The monoisotopic (exact) mass is 688 g/mol. The first-order valence-corrected chi connectivity index (χ1v) is 20.0. The molecule has 0 aliphatic carbocycles. The molecule has 0 atom stereocenters. The molecule has 0 amide bonds. The molecule has 0 unspecified atom stereocenters. The number of carbonyl (C=O) groups is 2. The van der Waals surface area contributed by atoms with Gasteiger partial charge in [-0.15, -0.1) is 0 Å². The van der Waals surface area contributed by atoms with Crippen LogP contribution in [0.25, 0.3) is 0 Å². The van der Waals surface area contributed by atoms with Gasteiger partial charge in [0.05, 0.1) is 0 Å². The van der Waals surface area contributed by atoms with Crippen LogP contribution in [0, 0.1) is 0 Å². The SMILES string of the molecule is CCCCCCCCCCCCCCCCCCCC(=O)O.CCCCCCCCCCCCCCCCCCCC(=O)O.[Cu]. The first-order chi connectivity index (χ1) is 21.5. The Balaban J connectivity index is -0.000000767. The predicted molar refractivity (Wildman–Crippen MR) is 193 cm³/mol. The molecule has 275 valence electrons. The number of unbranched alkanes of at least 4 members (excludes halogenated alkanes) is 32. The Morgan fingerprint density at radius 3 is 0.556 bits per heavy atom. The average molecular weight is 689 g/mol. The summed E-state index contributed by atoms with van der Waals surface area (Å²) in [6.07, 6.45) is 46.3. The van der Waals surface area contributed by atoms with Gasteiger partial charge in [0, 0.05) is 29.9 Å². The Morgan fingerprint density at radius 2 is 0.422 bits per heavy atom. The van der Waals surface area contributed by atoms with Gasteiger partial charge in [-0.1, -0.05) is 219 Å². The Morgan fingerprint density at radius 1 is 0.289 bits per heavy atom. The third-order valence-electron chi connectivity index (χ3n) is 8.99. The molecule has 45 heavy (non-hydrogen) atoms. The Labute approximate surface area is 292 Å². The zero-order valence-electron chi connectivity index (χ0n) is 30.5. The van der Waals surface area contributed by atoms with Crippen molar-refractivity contribution in [2.24, 2.45) is 0 Å². The Kier molecular flexibility index (Phi) is 49.5. The molecule has 0 spiro atoms. The fraction of sp³-hybridized carbons (Fsp3) is 0.950. The Hall–Kier alpha value is -0.541. The number of aliphatic carboxylic acids is 2. The molecule has 0 aliphatic heterocycles. The van der Waals surface area contributed by atoms with E-state index in [-0.39, 0.29) is 17.1 Å². The van der Waals surface area contributed by atoms with Crippen LogP contribution in [-0.4, -0.2) is 22.2 Å². The molecule has 0 saturated carbocycles. The second-order valence-electron chi connectivity index (χ2n) is 13.6. The molecule has 0 aromatic heterocycles. The maximum absolute atomic E-state index is 10.4. The van der Waals surface area contributed by atoms with Crippen LogP contribution >= 0.6 is 0 Å². The summed E-state index contributed by atoms with van der Waals surface area (Å²) in [5.74, 6) is -1.30. The van der Waals surface area contributed by atoms with Crippen molar-refractivity contribution in [1.29, 1.82) is 0 Å². The van der Waals surface area contributed by atoms with Crippen molar-refractivity contribution in [3.8, 4) is 0 Å². The third-order valence-corrected chi connectivity index (χ3v) is 8.99. The summed E-state index contributed by atoms with van der Waals surface area (Å²) in [5, 5.41) is 17.1. The zero-order chi connectivity index (χ0) is 32.6. The summed E-state index contributed by atoms with van der Waals surface area (Å²) in [6.45, 7) is 4.55. The van der Waals surface area contributed by atoms with Crippen molar-refractivity contribution >= 4 is 11.9 Å².